The molecule has 18 heavy (non-hydrogen) atoms. The van der Waals surface area contributed by atoms with Crippen LogP contribution in [0.5, 0.6) is 0 Å². The Kier molecular flexibility index (Phi) is 4.07. The first-order valence-electron chi connectivity index (χ1n) is 6.52. The maximum Gasteiger partial charge on any atom is 0.328 e. The molecule has 0 spiro atoms. The van der Waals surface area contributed by atoms with Crippen molar-refractivity contribution >= 4 is 17.3 Å². The van der Waals surface area contributed by atoms with Crippen molar-refractivity contribution in [2.24, 2.45) is 0 Å². The zero-order chi connectivity index (χ0) is 13.0. The minimum absolute atomic E-state index is 0.138. The number of ether oxygens (including phenoxy) is 1. The Morgan fingerprint density at radius 3 is 2.94 bits per heavy atom. The normalized spacial score (nSPS) is 19.6. The van der Waals surface area contributed by atoms with Crippen molar-refractivity contribution in [2.75, 3.05) is 23.8 Å². The van der Waals surface area contributed by atoms with Crippen LogP contribution >= 0.6 is 0 Å². The number of hydrogen-bond acceptors (Lipinski definition) is 4. The highest BCUT2D eigenvalue weighted by molar-refractivity contribution is 5.82. The standard InChI is InChI=1S/C14H20N2O2/c1-2-18-14(17)13-9-5-6-10-16(13)12-8-4-3-7-11(12)15/h3-4,7-8,13H,2,5-6,9-10,15H2,1H3. The van der Waals surface area contributed by atoms with Crippen molar-refractivity contribution in [2.45, 2.75) is 32.2 Å². The lowest BCUT2D eigenvalue weighted by molar-refractivity contribution is -0.145. The van der Waals surface area contributed by atoms with Gasteiger partial charge >= 0.3 is 5.97 Å². The van der Waals surface area contributed by atoms with Gasteiger partial charge in [-0.15, -0.1) is 0 Å². The highest BCUT2D eigenvalue weighted by Gasteiger charge is 2.30. The van der Waals surface area contributed by atoms with E-state index >= 15 is 0 Å². The monoisotopic (exact) mass is 248 g/mol. The van der Waals surface area contributed by atoms with Crippen LogP contribution in [0.3, 0.4) is 0 Å². The van der Waals surface area contributed by atoms with Crippen molar-refractivity contribution in [3.05, 3.63) is 24.3 Å². The number of carbonyl (C=O) groups is 1. The van der Waals surface area contributed by atoms with Crippen molar-refractivity contribution in [3.63, 3.8) is 0 Å². The van der Waals surface area contributed by atoms with Crippen molar-refractivity contribution < 1.29 is 9.53 Å². The average molecular weight is 248 g/mol. The van der Waals surface area contributed by atoms with E-state index in [0.29, 0.717) is 12.3 Å². The molecule has 0 saturated carbocycles. The Bertz CT molecular complexity index is 420. The molecule has 0 bridgehead atoms. The number of rotatable bonds is 3. The molecule has 0 aliphatic carbocycles. The Labute approximate surface area is 108 Å². The molecule has 1 aliphatic heterocycles. The van der Waals surface area contributed by atoms with Crippen LogP contribution in [0, 0.1) is 0 Å². The van der Waals surface area contributed by atoms with Crippen LogP contribution in [-0.4, -0.2) is 25.2 Å². The number of piperidine rings is 1. The Balaban J connectivity index is 2.23. The summed E-state index contributed by atoms with van der Waals surface area (Å²) in [5.41, 5.74) is 7.65. The van der Waals surface area contributed by atoms with Crippen molar-refractivity contribution in [3.8, 4) is 0 Å². The quantitative estimate of drug-likeness (QED) is 0.658. The number of hydrogen-bond donors (Lipinski definition) is 1. The Morgan fingerprint density at radius 2 is 2.22 bits per heavy atom. The van der Waals surface area contributed by atoms with E-state index in [4.69, 9.17) is 10.5 Å². The fourth-order valence-electron chi connectivity index (χ4n) is 2.45. The predicted molar refractivity (Wildman–Crippen MR) is 72.5 cm³/mol. The van der Waals surface area contributed by atoms with Gasteiger partial charge in [-0.1, -0.05) is 12.1 Å². The van der Waals surface area contributed by atoms with E-state index in [0.717, 1.165) is 31.5 Å². The first-order valence-corrected chi connectivity index (χ1v) is 6.52. The van der Waals surface area contributed by atoms with Crippen molar-refractivity contribution in [1.29, 1.82) is 0 Å². The molecule has 98 valence electrons. The van der Waals surface area contributed by atoms with E-state index in [1.807, 2.05) is 31.2 Å². The lowest BCUT2D eigenvalue weighted by atomic mass is 10.0. The number of nitrogens with zero attached hydrogens (tertiary/aromatic N) is 1. The maximum atomic E-state index is 12.0. The van der Waals surface area contributed by atoms with E-state index in [-0.39, 0.29) is 12.0 Å². The third-order valence-electron chi connectivity index (χ3n) is 3.31. The van der Waals surface area contributed by atoms with Gasteiger partial charge in [-0.2, -0.15) is 0 Å². The number of esters is 1. The summed E-state index contributed by atoms with van der Waals surface area (Å²) >= 11 is 0. The topological polar surface area (TPSA) is 55.6 Å². The molecule has 1 aromatic carbocycles. The SMILES string of the molecule is CCOC(=O)C1CCCCN1c1ccccc1N. The molecule has 1 aliphatic rings. The molecule has 1 heterocycles. The number of benzene rings is 1. The second kappa shape index (κ2) is 5.76. The molecule has 1 unspecified atom stereocenters. The molecular weight excluding hydrogens is 228 g/mol. The van der Waals surface area contributed by atoms with Crippen LogP contribution in [0.2, 0.25) is 0 Å². The first-order chi connectivity index (χ1) is 8.74. The van der Waals surface area contributed by atoms with Crippen LogP contribution < -0.4 is 10.6 Å². The third-order valence-corrected chi connectivity index (χ3v) is 3.31. The molecule has 0 radical (unpaired) electrons. The maximum absolute atomic E-state index is 12.0. The summed E-state index contributed by atoms with van der Waals surface area (Å²) in [6, 6.07) is 7.49. The molecule has 2 rings (SSSR count). The summed E-state index contributed by atoms with van der Waals surface area (Å²) in [7, 11) is 0. The second-order valence-electron chi connectivity index (χ2n) is 4.52. The van der Waals surface area contributed by atoms with Crippen LogP contribution in [0.4, 0.5) is 11.4 Å². The van der Waals surface area contributed by atoms with Crippen LogP contribution in [-0.2, 0) is 9.53 Å². The summed E-state index contributed by atoms with van der Waals surface area (Å²) in [4.78, 5) is 14.1. The van der Waals surface area contributed by atoms with Gasteiger partial charge in [-0.3, -0.25) is 0 Å². The lowest BCUT2D eigenvalue weighted by Gasteiger charge is -2.36. The van der Waals surface area contributed by atoms with Crippen LogP contribution in [0.15, 0.2) is 24.3 Å². The molecule has 4 heteroatoms. The first kappa shape index (κ1) is 12.7. The van der Waals surface area contributed by atoms with Gasteiger partial charge in [0.1, 0.15) is 6.04 Å². The Hall–Kier alpha value is -1.71. The van der Waals surface area contributed by atoms with Gasteiger partial charge in [-0.25, -0.2) is 4.79 Å². The second-order valence-corrected chi connectivity index (χ2v) is 4.52. The van der Waals surface area contributed by atoms with Gasteiger partial charge in [0.05, 0.1) is 18.0 Å². The minimum atomic E-state index is -0.191. The predicted octanol–water partition coefficient (Wildman–Crippen LogP) is 2.19. The molecule has 4 nitrogen and oxygen atoms in total. The summed E-state index contributed by atoms with van der Waals surface area (Å²) in [6.45, 7) is 3.12. The number of nitrogen functional groups attached to an aromatic ring is 1. The number of carbonyl (C=O) groups excluding carboxylic acids is 1. The molecule has 1 fully saturated rings. The highest BCUT2D eigenvalue weighted by atomic mass is 16.5. The molecule has 1 saturated heterocycles. The largest absolute Gasteiger partial charge is 0.464 e. The fraction of sp³-hybridized carbons (Fsp3) is 0.500. The summed E-state index contributed by atoms with van der Waals surface area (Å²) in [5, 5.41) is 0. The minimum Gasteiger partial charge on any atom is -0.464 e. The van der Waals surface area contributed by atoms with Crippen molar-refractivity contribution in [1.82, 2.24) is 0 Å². The van der Waals surface area contributed by atoms with E-state index in [2.05, 4.69) is 4.90 Å². The fourth-order valence-corrected chi connectivity index (χ4v) is 2.45. The third kappa shape index (κ3) is 2.58. The van der Waals surface area contributed by atoms with E-state index < -0.39 is 0 Å². The highest BCUT2D eigenvalue weighted by Crippen LogP contribution is 2.29. The van der Waals surface area contributed by atoms with Gasteiger partial charge in [0.25, 0.3) is 0 Å². The van der Waals surface area contributed by atoms with E-state index in [1.165, 1.54) is 0 Å². The van der Waals surface area contributed by atoms with Gasteiger partial charge in [-0.05, 0) is 38.3 Å². The molecule has 1 aromatic rings. The summed E-state index contributed by atoms with van der Waals surface area (Å²) < 4.78 is 5.15. The van der Waals surface area contributed by atoms with Crippen LogP contribution in [0.25, 0.3) is 0 Å². The zero-order valence-corrected chi connectivity index (χ0v) is 10.8. The molecular formula is C14H20N2O2. The van der Waals surface area contributed by atoms with Gasteiger partial charge in [0.2, 0.25) is 0 Å². The lowest BCUT2D eigenvalue weighted by Crippen LogP contribution is -2.46. The molecule has 2 N–H and O–H groups in total. The van der Waals surface area contributed by atoms with Gasteiger partial charge < -0.3 is 15.4 Å². The van der Waals surface area contributed by atoms with E-state index in [9.17, 15) is 4.79 Å². The molecule has 0 amide bonds. The van der Waals surface area contributed by atoms with E-state index in [1.54, 1.807) is 0 Å². The van der Waals surface area contributed by atoms with Gasteiger partial charge in [0.15, 0.2) is 0 Å². The Morgan fingerprint density at radius 1 is 1.44 bits per heavy atom. The average Bonchev–Trinajstić information content (AvgIpc) is 2.40. The van der Waals surface area contributed by atoms with Gasteiger partial charge in [0, 0.05) is 6.54 Å². The number of para-hydroxylation sites is 2. The zero-order valence-electron chi connectivity index (χ0n) is 10.8. The molecule has 1 atom stereocenters. The summed E-state index contributed by atoms with van der Waals surface area (Å²) in [5.74, 6) is -0.138. The molecule has 0 aromatic heterocycles. The van der Waals surface area contributed by atoms with Crippen LogP contribution in [0.1, 0.15) is 26.2 Å². The summed E-state index contributed by atoms with van der Waals surface area (Å²) in [6.07, 6.45) is 2.99. The smallest absolute Gasteiger partial charge is 0.328 e. The number of nitrogens with two attached hydrogens (primary N) is 1. The number of anilines is 2.